The molecule has 2 aliphatic rings. The number of hydrogen-bond donors (Lipinski definition) is 1. The number of rotatable bonds is 6. The SMILES string of the molecule is COc1cc([C@@H]2Nc3ccc(Oc4ccccc4)cc3[C@@H]3C=CC[C@@H]32)cc(OC)c1OC. The number of hydrogen-bond acceptors (Lipinski definition) is 5. The molecule has 1 aliphatic carbocycles. The highest BCUT2D eigenvalue weighted by atomic mass is 16.5. The summed E-state index contributed by atoms with van der Waals surface area (Å²) in [6.45, 7) is 0. The smallest absolute Gasteiger partial charge is 0.203 e. The van der Waals surface area contributed by atoms with Crippen LogP contribution in [0.25, 0.3) is 0 Å². The van der Waals surface area contributed by atoms with Crippen molar-refractivity contribution >= 4 is 5.69 Å². The first-order valence-electron chi connectivity index (χ1n) is 10.8. The summed E-state index contributed by atoms with van der Waals surface area (Å²) in [5.41, 5.74) is 3.51. The summed E-state index contributed by atoms with van der Waals surface area (Å²) < 4.78 is 22.8. The largest absolute Gasteiger partial charge is 0.493 e. The van der Waals surface area contributed by atoms with Gasteiger partial charge in [0.1, 0.15) is 11.5 Å². The summed E-state index contributed by atoms with van der Waals surface area (Å²) in [6.07, 6.45) is 5.60. The Hall–Kier alpha value is -3.60. The Balaban J connectivity index is 1.50. The van der Waals surface area contributed by atoms with Crippen LogP contribution in [0.3, 0.4) is 0 Å². The van der Waals surface area contributed by atoms with Gasteiger partial charge in [0, 0.05) is 11.6 Å². The van der Waals surface area contributed by atoms with Crippen LogP contribution in [0.2, 0.25) is 0 Å². The van der Waals surface area contributed by atoms with Crippen molar-refractivity contribution < 1.29 is 18.9 Å². The van der Waals surface area contributed by atoms with Crippen LogP contribution in [-0.2, 0) is 0 Å². The van der Waals surface area contributed by atoms with Crippen LogP contribution >= 0.6 is 0 Å². The number of allylic oxidation sites excluding steroid dienone is 2. The summed E-state index contributed by atoms with van der Waals surface area (Å²) in [4.78, 5) is 0. The molecule has 0 radical (unpaired) electrons. The lowest BCUT2D eigenvalue weighted by Gasteiger charge is -2.38. The Kier molecular flexibility index (Phi) is 5.39. The van der Waals surface area contributed by atoms with Gasteiger partial charge in [0.25, 0.3) is 0 Å². The molecule has 0 saturated heterocycles. The number of methoxy groups -OCH3 is 3. The maximum Gasteiger partial charge on any atom is 0.203 e. The molecule has 0 bridgehead atoms. The van der Waals surface area contributed by atoms with E-state index >= 15 is 0 Å². The predicted molar refractivity (Wildman–Crippen MR) is 125 cm³/mol. The molecule has 0 unspecified atom stereocenters. The van der Waals surface area contributed by atoms with E-state index in [4.69, 9.17) is 18.9 Å². The third-order valence-corrected chi connectivity index (χ3v) is 6.36. The van der Waals surface area contributed by atoms with Crippen LogP contribution in [0, 0.1) is 5.92 Å². The standard InChI is InChI=1S/C27H27NO4/c1-29-24-14-17(15-25(30-2)27(24)31-3)26-21-11-7-10-20(21)22-16-19(12-13-23(22)28-26)32-18-8-5-4-6-9-18/h4-10,12-16,20-21,26,28H,11H2,1-3H3/t20-,21+,26+/m1/s1. The molecule has 0 aromatic heterocycles. The van der Waals surface area contributed by atoms with Crippen molar-refractivity contribution in [1.29, 1.82) is 0 Å². The average molecular weight is 430 g/mol. The molecule has 5 rings (SSSR count). The number of para-hydroxylation sites is 1. The molecule has 1 N–H and O–H groups in total. The fraction of sp³-hybridized carbons (Fsp3) is 0.259. The van der Waals surface area contributed by atoms with E-state index < -0.39 is 0 Å². The molecule has 0 fully saturated rings. The minimum atomic E-state index is 0.122. The predicted octanol–water partition coefficient (Wildman–Crippen LogP) is 6.33. The van der Waals surface area contributed by atoms with Crippen molar-refractivity contribution in [3.8, 4) is 28.7 Å². The fourth-order valence-corrected chi connectivity index (χ4v) is 4.87. The van der Waals surface area contributed by atoms with E-state index in [9.17, 15) is 0 Å². The molecule has 0 spiro atoms. The van der Waals surface area contributed by atoms with Crippen LogP contribution in [0.1, 0.15) is 29.5 Å². The zero-order valence-corrected chi connectivity index (χ0v) is 18.5. The van der Waals surface area contributed by atoms with Gasteiger partial charge >= 0.3 is 0 Å². The van der Waals surface area contributed by atoms with Crippen molar-refractivity contribution in [1.82, 2.24) is 0 Å². The summed E-state index contributed by atoms with van der Waals surface area (Å²) in [5.74, 6) is 4.34. The summed E-state index contributed by atoms with van der Waals surface area (Å²) >= 11 is 0. The molecule has 164 valence electrons. The van der Waals surface area contributed by atoms with Crippen LogP contribution in [0.5, 0.6) is 28.7 Å². The molecule has 32 heavy (non-hydrogen) atoms. The van der Waals surface area contributed by atoms with Crippen molar-refractivity contribution in [2.45, 2.75) is 18.4 Å². The number of anilines is 1. The van der Waals surface area contributed by atoms with Gasteiger partial charge in [0.05, 0.1) is 27.4 Å². The van der Waals surface area contributed by atoms with Gasteiger partial charge in [-0.15, -0.1) is 0 Å². The molecule has 5 nitrogen and oxygen atoms in total. The van der Waals surface area contributed by atoms with Gasteiger partial charge in [-0.05, 0) is 65.9 Å². The second kappa shape index (κ2) is 8.50. The fourth-order valence-electron chi connectivity index (χ4n) is 4.87. The maximum absolute atomic E-state index is 6.09. The van der Waals surface area contributed by atoms with Gasteiger partial charge < -0.3 is 24.3 Å². The van der Waals surface area contributed by atoms with Crippen molar-refractivity contribution in [2.75, 3.05) is 26.6 Å². The highest BCUT2D eigenvalue weighted by Gasteiger charge is 2.38. The molecule has 5 heteroatoms. The zero-order valence-electron chi connectivity index (χ0n) is 18.5. The lowest BCUT2D eigenvalue weighted by atomic mass is 9.77. The molecule has 1 aliphatic heterocycles. The van der Waals surface area contributed by atoms with E-state index in [2.05, 4.69) is 29.6 Å². The zero-order chi connectivity index (χ0) is 22.1. The Morgan fingerprint density at radius 1 is 0.812 bits per heavy atom. The van der Waals surface area contributed by atoms with E-state index in [1.165, 1.54) is 5.56 Å². The third kappa shape index (κ3) is 3.54. The molecule has 0 amide bonds. The first kappa shape index (κ1) is 20.3. The highest BCUT2D eigenvalue weighted by molar-refractivity contribution is 5.63. The van der Waals surface area contributed by atoms with Crippen LogP contribution < -0.4 is 24.3 Å². The average Bonchev–Trinajstić information content (AvgIpc) is 3.33. The summed E-state index contributed by atoms with van der Waals surface area (Å²) in [7, 11) is 4.93. The summed E-state index contributed by atoms with van der Waals surface area (Å²) in [5, 5.41) is 3.77. The second-order valence-electron chi connectivity index (χ2n) is 8.10. The minimum absolute atomic E-state index is 0.122. The lowest BCUT2D eigenvalue weighted by molar-refractivity contribution is 0.322. The van der Waals surface area contributed by atoms with Crippen LogP contribution in [0.4, 0.5) is 5.69 Å². The minimum Gasteiger partial charge on any atom is -0.493 e. The highest BCUT2D eigenvalue weighted by Crippen LogP contribution is 2.52. The molecular formula is C27H27NO4. The molecular weight excluding hydrogens is 402 g/mol. The van der Waals surface area contributed by atoms with Crippen molar-refractivity contribution in [3.63, 3.8) is 0 Å². The first-order valence-corrected chi connectivity index (χ1v) is 10.8. The van der Waals surface area contributed by atoms with Gasteiger partial charge in [-0.1, -0.05) is 30.4 Å². The monoisotopic (exact) mass is 429 g/mol. The van der Waals surface area contributed by atoms with Gasteiger partial charge in [-0.3, -0.25) is 0 Å². The Morgan fingerprint density at radius 3 is 2.25 bits per heavy atom. The second-order valence-corrected chi connectivity index (χ2v) is 8.10. The molecule has 0 saturated carbocycles. The van der Waals surface area contributed by atoms with Crippen LogP contribution in [0.15, 0.2) is 72.8 Å². The van der Waals surface area contributed by atoms with Gasteiger partial charge in [-0.25, -0.2) is 0 Å². The third-order valence-electron chi connectivity index (χ3n) is 6.36. The van der Waals surface area contributed by atoms with Gasteiger partial charge in [0.15, 0.2) is 11.5 Å². The molecule has 3 aromatic rings. The van der Waals surface area contributed by atoms with Gasteiger partial charge in [0.2, 0.25) is 5.75 Å². The summed E-state index contributed by atoms with van der Waals surface area (Å²) in [6, 6.07) is 20.4. The quantitative estimate of drug-likeness (QED) is 0.464. The maximum atomic E-state index is 6.09. The lowest BCUT2D eigenvalue weighted by Crippen LogP contribution is -2.29. The number of benzene rings is 3. The topological polar surface area (TPSA) is 49.0 Å². The van der Waals surface area contributed by atoms with Crippen molar-refractivity contribution in [3.05, 3.63) is 83.9 Å². The Bertz CT molecular complexity index is 1120. The molecule has 1 heterocycles. The molecule has 3 aromatic carbocycles. The number of fused-ring (bicyclic) bond motifs is 3. The van der Waals surface area contributed by atoms with E-state index in [-0.39, 0.29) is 6.04 Å². The first-order chi connectivity index (χ1) is 15.7. The van der Waals surface area contributed by atoms with E-state index in [1.807, 2.05) is 48.5 Å². The number of nitrogens with one attached hydrogen (secondary N) is 1. The van der Waals surface area contributed by atoms with E-state index in [0.717, 1.165) is 29.2 Å². The Morgan fingerprint density at radius 2 is 1.56 bits per heavy atom. The normalized spacial score (nSPS) is 20.7. The number of ether oxygens (including phenoxy) is 4. The van der Waals surface area contributed by atoms with Gasteiger partial charge in [-0.2, -0.15) is 0 Å². The molecule has 3 atom stereocenters. The van der Waals surface area contributed by atoms with E-state index in [0.29, 0.717) is 29.1 Å². The van der Waals surface area contributed by atoms with Crippen LogP contribution in [-0.4, -0.2) is 21.3 Å². The Labute approximate surface area is 188 Å². The van der Waals surface area contributed by atoms with E-state index in [1.54, 1.807) is 21.3 Å². The van der Waals surface area contributed by atoms with Crippen molar-refractivity contribution in [2.24, 2.45) is 5.92 Å².